The van der Waals surface area contributed by atoms with Crippen molar-refractivity contribution in [3.8, 4) is 0 Å². The number of nitrogens with zero attached hydrogens (tertiary/aromatic N) is 2. The van der Waals surface area contributed by atoms with Crippen molar-refractivity contribution in [1.82, 2.24) is 5.32 Å². The predicted molar refractivity (Wildman–Crippen MR) is 144 cm³/mol. The van der Waals surface area contributed by atoms with Crippen LogP contribution in [-0.2, 0) is 9.59 Å². The van der Waals surface area contributed by atoms with E-state index in [-0.39, 0.29) is 16.2 Å². The van der Waals surface area contributed by atoms with Crippen molar-refractivity contribution < 1.29 is 9.59 Å². The fraction of sp³-hybridized carbons (Fsp3) is 0.269. The normalized spacial score (nSPS) is 18.7. The van der Waals surface area contributed by atoms with Crippen molar-refractivity contribution in [3.63, 3.8) is 0 Å². The zero-order chi connectivity index (χ0) is 24.8. The zero-order valence-electron chi connectivity index (χ0n) is 19.4. The maximum atomic E-state index is 13.4. The summed E-state index contributed by atoms with van der Waals surface area (Å²) in [5.74, 6) is -1.10. The monoisotopic (exact) mass is 513 g/mol. The van der Waals surface area contributed by atoms with Crippen molar-refractivity contribution in [2.45, 2.75) is 39.7 Å². The van der Waals surface area contributed by atoms with Gasteiger partial charge >= 0.3 is 0 Å². The Hall–Kier alpha value is -2.67. The molecule has 2 aliphatic rings. The number of hydrogen-bond acceptors (Lipinski definition) is 4. The molecule has 8 heteroatoms. The van der Waals surface area contributed by atoms with E-state index in [1.807, 2.05) is 12.1 Å². The SMILES string of the molecule is CCCN1c2cc(Cl)c(/C=C3/C(=O)NC(=S)N(c4cccc(Cl)c4)C3=O)cc2C(C)=CC1(C)C. The Balaban J connectivity index is 1.79. The van der Waals surface area contributed by atoms with Gasteiger partial charge in [0.1, 0.15) is 5.57 Å². The minimum Gasteiger partial charge on any atom is -0.362 e. The summed E-state index contributed by atoms with van der Waals surface area (Å²) in [6, 6.07) is 10.6. The Morgan fingerprint density at radius 1 is 1.15 bits per heavy atom. The van der Waals surface area contributed by atoms with E-state index in [0.717, 1.165) is 29.8 Å². The lowest BCUT2D eigenvalue weighted by Gasteiger charge is -2.43. The number of halogens is 2. The van der Waals surface area contributed by atoms with E-state index in [0.29, 0.717) is 21.3 Å². The summed E-state index contributed by atoms with van der Waals surface area (Å²) in [5, 5.41) is 3.51. The topological polar surface area (TPSA) is 52.7 Å². The molecular weight excluding hydrogens is 489 g/mol. The Morgan fingerprint density at radius 3 is 2.56 bits per heavy atom. The summed E-state index contributed by atoms with van der Waals surface area (Å²) in [5.41, 5.74) is 4.03. The van der Waals surface area contributed by atoms with Gasteiger partial charge < -0.3 is 4.90 Å². The predicted octanol–water partition coefficient (Wildman–Crippen LogP) is 6.24. The fourth-order valence-corrected chi connectivity index (χ4v) is 5.20. The van der Waals surface area contributed by atoms with Crippen LogP contribution in [0.1, 0.15) is 45.2 Å². The van der Waals surface area contributed by atoms with Crippen molar-refractivity contribution in [3.05, 3.63) is 69.2 Å². The van der Waals surface area contributed by atoms with E-state index in [1.165, 1.54) is 11.0 Å². The number of fused-ring (bicyclic) bond motifs is 1. The van der Waals surface area contributed by atoms with Crippen molar-refractivity contribution >= 4 is 75.4 Å². The maximum absolute atomic E-state index is 13.4. The molecule has 0 unspecified atom stereocenters. The standard InChI is InChI=1S/C26H25Cl2N3O2S/c1-5-9-30-22-13-21(28)16(10-19(22)15(2)14-26(30,3)4)11-20-23(32)29-25(34)31(24(20)33)18-8-6-7-17(27)12-18/h6-8,10-14H,5,9H2,1-4H3,(H,29,32,34)/b20-11-. The van der Waals surface area contributed by atoms with Gasteiger partial charge in [0.15, 0.2) is 5.11 Å². The zero-order valence-corrected chi connectivity index (χ0v) is 21.7. The minimum atomic E-state index is -0.567. The van der Waals surface area contributed by atoms with E-state index in [2.05, 4.69) is 44.0 Å². The number of benzene rings is 2. The molecule has 2 aromatic carbocycles. The smallest absolute Gasteiger partial charge is 0.270 e. The number of carbonyl (C=O) groups excluding carboxylic acids is 2. The maximum Gasteiger partial charge on any atom is 0.270 e. The first-order valence-corrected chi connectivity index (χ1v) is 12.2. The third-order valence-corrected chi connectivity index (χ3v) is 6.86. The highest BCUT2D eigenvalue weighted by atomic mass is 35.5. The number of amides is 2. The quantitative estimate of drug-likeness (QED) is 0.298. The molecule has 4 rings (SSSR count). The number of carbonyl (C=O) groups is 2. The lowest BCUT2D eigenvalue weighted by molar-refractivity contribution is -0.122. The molecule has 2 heterocycles. The molecule has 0 aliphatic carbocycles. The fourth-order valence-electron chi connectivity index (χ4n) is 4.52. The molecule has 1 N–H and O–H groups in total. The van der Waals surface area contributed by atoms with E-state index < -0.39 is 11.8 Å². The second kappa shape index (κ2) is 9.17. The van der Waals surface area contributed by atoms with Gasteiger partial charge in [0.2, 0.25) is 0 Å². The highest BCUT2D eigenvalue weighted by Crippen LogP contribution is 2.42. The van der Waals surface area contributed by atoms with Gasteiger partial charge in [-0.25, -0.2) is 0 Å². The van der Waals surface area contributed by atoms with Gasteiger partial charge in [0.25, 0.3) is 11.8 Å². The van der Waals surface area contributed by atoms with Gasteiger partial charge in [-0.05, 0) is 87.0 Å². The van der Waals surface area contributed by atoms with Crippen LogP contribution in [0.5, 0.6) is 0 Å². The van der Waals surface area contributed by atoms with Crippen LogP contribution in [0, 0.1) is 0 Å². The lowest BCUT2D eigenvalue weighted by atomic mass is 9.87. The van der Waals surface area contributed by atoms with Gasteiger partial charge in [0, 0.05) is 27.8 Å². The highest BCUT2D eigenvalue weighted by Gasteiger charge is 2.35. The molecule has 2 aromatic rings. The van der Waals surface area contributed by atoms with Crippen LogP contribution in [0.25, 0.3) is 11.6 Å². The first-order chi connectivity index (χ1) is 16.0. The summed E-state index contributed by atoms with van der Waals surface area (Å²) in [6.07, 6.45) is 4.75. The molecule has 1 saturated heterocycles. The van der Waals surface area contributed by atoms with Crippen LogP contribution < -0.4 is 15.1 Å². The molecule has 34 heavy (non-hydrogen) atoms. The molecule has 0 atom stereocenters. The summed E-state index contributed by atoms with van der Waals surface area (Å²) in [7, 11) is 0. The van der Waals surface area contributed by atoms with Crippen LogP contribution in [0.3, 0.4) is 0 Å². The van der Waals surface area contributed by atoms with E-state index in [4.69, 9.17) is 35.4 Å². The number of rotatable bonds is 4. The van der Waals surface area contributed by atoms with E-state index in [1.54, 1.807) is 24.3 Å². The van der Waals surface area contributed by atoms with Crippen LogP contribution in [0.15, 0.2) is 48.0 Å². The molecular formula is C26H25Cl2N3O2S. The summed E-state index contributed by atoms with van der Waals surface area (Å²) in [6.45, 7) is 9.44. The molecule has 2 aliphatic heterocycles. The molecule has 0 bridgehead atoms. The Bertz CT molecular complexity index is 1280. The molecule has 5 nitrogen and oxygen atoms in total. The third-order valence-electron chi connectivity index (χ3n) is 6.01. The number of thiocarbonyl (C=S) groups is 1. The lowest BCUT2D eigenvalue weighted by Crippen LogP contribution is -2.54. The van der Waals surface area contributed by atoms with Gasteiger partial charge in [-0.15, -0.1) is 0 Å². The Labute approximate surface area is 215 Å². The molecule has 0 aromatic heterocycles. The first-order valence-electron chi connectivity index (χ1n) is 11.0. The second-order valence-corrected chi connectivity index (χ2v) is 10.2. The Morgan fingerprint density at radius 2 is 1.88 bits per heavy atom. The molecule has 1 fully saturated rings. The Kier molecular flexibility index (Phi) is 6.60. The molecule has 2 amide bonds. The average molecular weight is 514 g/mol. The minimum absolute atomic E-state index is 0.00201. The molecule has 0 spiro atoms. The number of allylic oxidation sites excluding steroid dienone is 1. The largest absolute Gasteiger partial charge is 0.362 e. The molecule has 0 saturated carbocycles. The third kappa shape index (κ3) is 4.38. The average Bonchev–Trinajstić information content (AvgIpc) is 2.74. The van der Waals surface area contributed by atoms with Gasteiger partial charge in [0.05, 0.1) is 11.2 Å². The van der Waals surface area contributed by atoms with Crippen molar-refractivity contribution in [2.24, 2.45) is 0 Å². The van der Waals surface area contributed by atoms with Gasteiger partial charge in [-0.2, -0.15) is 0 Å². The van der Waals surface area contributed by atoms with Crippen LogP contribution in [0.2, 0.25) is 10.0 Å². The number of nitrogens with one attached hydrogen (secondary N) is 1. The first kappa shape index (κ1) is 24.5. The van der Waals surface area contributed by atoms with E-state index >= 15 is 0 Å². The molecule has 0 radical (unpaired) electrons. The van der Waals surface area contributed by atoms with Crippen molar-refractivity contribution in [2.75, 3.05) is 16.3 Å². The van der Waals surface area contributed by atoms with Crippen LogP contribution in [0.4, 0.5) is 11.4 Å². The highest BCUT2D eigenvalue weighted by molar-refractivity contribution is 7.80. The van der Waals surface area contributed by atoms with Crippen LogP contribution in [-0.4, -0.2) is 29.0 Å². The number of anilines is 2. The summed E-state index contributed by atoms with van der Waals surface area (Å²) < 4.78 is 0. The van der Waals surface area contributed by atoms with Gasteiger partial charge in [-0.1, -0.05) is 42.3 Å². The molecule has 176 valence electrons. The van der Waals surface area contributed by atoms with E-state index in [9.17, 15) is 9.59 Å². The second-order valence-electron chi connectivity index (χ2n) is 8.96. The van der Waals surface area contributed by atoms with Crippen LogP contribution >= 0.6 is 35.4 Å². The summed E-state index contributed by atoms with van der Waals surface area (Å²) in [4.78, 5) is 29.7. The number of hydrogen-bond donors (Lipinski definition) is 1. The summed E-state index contributed by atoms with van der Waals surface area (Å²) >= 11 is 18.1. The van der Waals surface area contributed by atoms with Crippen molar-refractivity contribution in [1.29, 1.82) is 0 Å². The van der Waals surface area contributed by atoms with Gasteiger partial charge in [-0.3, -0.25) is 19.8 Å².